The highest BCUT2D eigenvalue weighted by atomic mass is 19.4. The average molecular weight is 616 g/mol. The molecule has 45 heavy (non-hydrogen) atoms. The van der Waals surface area contributed by atoms with Gasteiger partial charge in [0.05, 0.1) is 0 Å². The summed E-state index contributed by atoms with van der Waals surface area (Å²) in [6, 6.07) is 18.1. The van der Waals surface area contributed by atoms with Gasteiger partial charge >= 0.3 is 12.3 Å². The fraction of sp³-hybridized carbons (Fsp3) is 0.281. The van der Waals surface area contributed by atoms with E-state index in [1.807, 2.05) is 36.4 Å². The molecule has 3 aromatic heterocycles. The predicted molar refractivity (Wildman–Crippen MR) is 158 cm³/mol. The molecule has 3 heterocycles. The number of nitrogens with zero attached hydrogens (tertiary/aromatic N) is 6. The van der Waals surface area contributed by atoms with Crippen LogP contribution in [-0.2, 0) is 22.8 Å². The Bertz CT molecular complexity index is 1900. The molecular formula is C32H28F3N7O3. The first kappa shape index (κ1) is 28.6. The van der Waals surface area contributed by atoms with E-state index in [1.54, 1.807) is 6.92 Å². The quantitative estimate of drug-likeness (QED) is 0.245. The van der Waals surface area contributed by atoms with Crippen molar-refractivity contribution in [1.82, 2.24) is 29.3 Å². The Labute approximate surface area is 255 Å². The molecule has 1 saturated carbocycles. The van der Waals surface area contributed by atoms with Crippen LogP contribution in [-0.4, -0.2) is 60.0 Å². The molecular weight excluding hydrogens is 587 g/mol. The number of fused-ring (bicyclic) bond motifs is 4. The van der Waals surface area contributed by atoms with Crippen molar-refractivity contribution in [3.8, 4) is 22.3 Å². The third-order valence-corrected chi connectivity index (χ3v) is 8.26. The molecule has 1 N–H and O–H groups in total. The lowest BCUT2D eigenvalue weighted by molar-refractivity contribution is -0.141. The number of nitrogens with one attached hydrogen (secondary N) is 1. The zero-order valence-electron chi connectivity index (χ0n) is 24.3. The third kappa shape index (κ3) is 5.28. The highest BCUT2D eigenvalue weighted by molar-refractivity contribution is 5.95. The van der Waals surface area contributed by atoms with Crippen LogP contribution in [0.25, 0.3) is 27.9 Å². The smallest absolute Gasteiger partial charge is 0.435 e. The summed E-state index contributed by atoms with van der Waals surface area (Å²) in [6.45, 7) is 1.75. The Morgan fingerprint density at radius 2 is 1.64 bits per heavy atom. The third-order valence-electron chi connectivity index (χ3n) is 8.26. The number of carbonyl (C=O) groups is 2. The lowest BCUT2D eigenvalue weighted by Gasteiger charge is -2.28. The second-order valence-electron chi connectivity index (χ2n) is 11.3. The molecule has 0 spiro atoms. The number of alkyl halides is 3. The molecule has 0 bridgehead atoms. The van der Waals surface area contributed by atoms with Crippen molar-refractivity contribution in [2.24, 2.45) is 7.05 Å². The number of halogens is 3. The zero-order chi connectivity index (χ0) is 31.5. The van der Waals surface area contributed by atoms with Crippen LogP contribution in [0.3, 0.4) is 0 Å². The minimum Gasteiger partial charge on any atom is -0.448 e. The first-order valence-electron chi connectivity index (χ1n) is 14.5. The van der Waals surface area contributed by atoms with E-state index in [2.05, 4.69) is 32.6 Å². The van der Waals surface area contributed by atoms with Gasteiger partial charge in [-0.3, -0.25) is 19.7 Å². The maximum absolute atomic E-state index is 13.5. The number of ether oxygens (including phenoxy) is 1. The number of hydrogen-bond donors (Lipinski definition) is 1. The van der Waals surface area contributed by atoms with E-state index in [-0.39, 0.29) is 35.6 Å². The van der Waals surface area contributed by atoms with Gasteiger partial charge in [0, 0.05) is 42.5 Å². The maximum Gasteiger partial charge on any atom is 0.435 e. The standard InChI is InChI=1S/C32H28F3N7O3/c1-18(29(43)37-30-36-27-14-11-19(15-41(27)39-30)25-16-40(2)38-28(25)32(33,34)35)42(20-12-13-20)31(44)45-17-26-23-9-5-3-7-21(23)22-8-4-6-10-24(22)26/h3-11,14-16,18,20,26H,12-13,17H2,1-2H3,(H,37,39,43)/t18-/m0/s1. The Morgan fingerprint density at radius 1 is 0.978 bits per heavy atom. The van der Waals surface area contributed by atoms with E-state index in [0.717, 1.165) is 39.8 Å². The second kappa shape index (κ2) is 10.8. The minimum absolute atomic E-state index is 0.0467. The number of aryl methyl sites for hydroxylation is 1. The molecule has 1 fully saturated rings. The van der Waals surface area contributed by atoms with E-state index in [9.17, 15) is 22.8 Å². The molecule has 13 heteroatoms. The van der Waals surface area contributed by atoms with Crippen molar-refractivity contribution in [1.29, 1.82) is 0 Å². The van der Waals surface area contributed by atoms with Gasteiger partial charge < -0.3 is 4.74 Å². The SMILES string of the molecule is C[C@@H](C(=O)Nc1nc2ccc(-c3cn(C)nc3C(F)(F)F)cn2n1)N(C(=O)OCC1c2ccccc2-c2ccccc21)C1CC1. The van der Waals surface area contributed by atoms with E-state index in [0.29, 0.717) is 5.65 Å². The molecule has 7 rings (SSSR count). The number of carbonyl (C=O) groups excluding carboxylic acids is 2. The van der Waals surface area contributed by atoms with Gasteiger partial charge in [0.2, 0.25) is 11.9 Å². The normalized spacial score (nSPS) is 15.0. The van der Waals surface area contributed by atoms with Gasteiger partial charge in [-0.15, -0.1) is 5.10 Å². The number of hydrogen-bond acceptors (Lipinski definition) is 6. The Kier molecular flexibility index (Phi) is 6.83. The topological polar surface area (TPSA) is 107 Å². The predicted octanol–water partition coefficient (Wildman–Crippen LogP) is 5.89. The Balaban J connectivity index is 1.06. The number of anilines is 1. The van der Waals surface area contributed by atoms with E-state index >= 15 is 0 Å². The largest absolute Gasteiger partial charge is 0.448 e. The monoisotopic (exact) mass is 615 g/mol. The second-order valence-corrected chi connectivity index (χ2v) is 11.3. The minimum atomic E-state index is -4.64. The van der Waals surface area contributed by atoms with E-state index < -0.39 is 29.9 Å². The van der Waals surface area contributed by atoms with Crippen molar-refractivity contribution < 1.29 is 27.5 Å². The van der Waals surface area contributed by atoms with Crippen LogP contribution < -0.4 is 5.32 Å². The van der Waals surface area contributed by atoms with Gasteiger partial charge in [0.1, 0.15) is 12.6 Å². The maximum atomic E-state index is 13.5. The average Bonchev–Trinajstić information content (AvgIpc) is 3.49. The van der Waals surface area contributed by atoms with Crippen LogP contribution in [0, 0.1) is 0 Å². The summed E-state index contributed by atoms with van der Waals surface area (Å²) < 4.78 is 48.8. The van der Waals surface area contributed by atoms with E-state index in [1.165, 1.54) is 41.0 Å². The number of pyridine rings is 1. The van der Waals surface area contributed by atoms with Crippen LogP contribution in [0.5, 0.6) is 0 Å². The van der Waals surface area contributed by atoms with Gasteiger partial charge in [-0.1, -0.05) is 48.5 Å². The number of aromatic nitrogens is 5. The Hall–Kier alpha value is -5.20. The fourth-order valence-electron chi connectivity index (χ4n) is 5.99. The fourth-order valence-corrected chi connectivity index (χ4v) is 5.99. The molecule has 230 valence electrons. The van der Waals surface area contributed by atoms with Gasteiger partial charge in [0.25, 0.3) is 0 Å². The van der Waals surface area contributed by atoms with Crippen LogP contribution in [0.4, 0.5) is 23.9 Å². The molecule has 0 saturated heterocycles. The summed E-state index contributed by atoms with van der Waals surface area (Å²) in [5, 5.41) is 10.4. The molecule has 5 aromatic rings. The van der Waals surface area contributed by atoms with Crippen LogP contribution >= 0.6 is 0 Å². The molecule has 0 unspecified atom stereocenters. The molecule has 2 aliphatic rings. The van der Waals surface area contributed by atoms with Crippen molar-refractivity contribution in [3.05, 3.63) is 89.9 Å². The van der Waals surface area contributed by atoms with E-state index in [4.69, 9.17) is 4.74 Å². The summed E-state index contributed by atoms with van der Waals surface area (Å²) >= 11 is 0. The van der Waals surface area contributed by atoms with Crippen molar-refractivity contribution >= 4 is 23.6 Å². The molecule has 1 atom stereocenters. The van der Waals surface area contributed by atoms with Crippen molar-refractivity contribution in [2.45, 2.75) is 43.9 Å². The van der Waals surface area contributed by atoms with Gasteiger partial charge in [-0.2, -0.15) is 23.3 Å². The molecule has 0 radical (unpaired) electrons. The highest BCUT2D eigenvalue weighted by Gasteiger charge is 2.41. The first-order valence-corrected chi connectivity index (χ1v) is 14.5. The van der Waals surface area contributed by atoms with Crippen molar-refractivity contribution in [3.63, 3.8) is 0 Å². The summed E-state index contributed by atoms with van der Waals surface area (Å²) in [6.07, 6.45) is -1.03. The van der Waals surface area contributed by atoms with Gasteiger partial charge in [0.15, 0.2) is 11.3 Å². The molecule has 2 aliphatic carbocycles. The van der Waals surface area contributed by atoms with Crippen LogP contribution in [0.1, 0.15) is 42.5 Å². The molecule has 2 aromatic carbocycles. The summed E-state index contributed by atoms with van der Waals surface area (Å²) in [5.41, 5.74) is 3.85. The van der Waals surface area contributed by atoms with Crippen LogP contribution in [0.15, 0.2) is 73.1 Å². The Morgan fingerprint density at radius 3 is 2.29 bits per heavy atom. The number of amides is 2. The molecule has 0 aliphatic heterocycles. The van der Waals surface area contributed by atoms with Crippen LogP contribution in [0.2, 0.25) is 0 Å². The first-order chi connectivity index (χ1) is 21.6. The molecule has 10 nitrogen and oxygen atoms in total. The van der Waals surface area contributed by atoms with Gasteiger partial charge in [-0.05, 0) is 54.2 Å². The lowest BCUT2D eigenvalue weighted by atomic mass is 9.98. The lowest BCUT2D eigenvalue weighted by Crippen LogP contribution is -2.47. The summed E-state index contributed by atoms with van der Waals surface area (Å²) in [7, 11) is 1.41. The zero-order valence-corrected chi connectivity index (χ0v) is 24.3. The summed E-state index contributed by atoms with van der Waals surface area (Å²) in [5.74, 6) is -0.676. The molecule has 2 amide bonds. The van der Waals surface area contributed by atoms with Gasteiger partial charge in [-0.25, -0.2) is 9.31 Å². The number of rotatable bonds is 7. The summed E-state index contributed by atoms with van der Waals surface area (Å²) in [4.78, 5) is 32.5. The van der Waals surface area contributed by atoms with Crippen molar-refractivity contribution in [2.75, 3.05) is 11.9 Å². The number of benzene rings is 2. The highest BCUT2D eigenvalue weighted by Crippen LogP contribution is 2.44.